The van der Waals surface area contributed by atoms with E-state index in [1.165, 1.54) is 33.3 Å². The van der Waals surface area contributed by atoms with Gasteiger partial charge in [0.15, 0.2) is 0 Å². The fraction of sp³-hybridized carbons (Fsp3) is 0.0588. The summed E-state index contributed by atoms with van der Waals surface area (Å²) in [6.07, 6.45) is 0. The number of para-hydroxylation sites is 5. The minimum atomic E-state index is -3.51. The zero-order chi connectivity index (χ0) is 38.3. The topological polar surface area (TPSA) is 31.7 Å². The van der Waals surface area contributed by atoms with Crippen LogP contribution in [0.2, 0.25) is 0 Å². The fourth-order valence-electron chi connectivity index (χ4n) is 9.26. The summed E-state index contributed by atoms with van der Waals surface area (Å²) in [5.74, 6) is 0. The fourth-order valence-corrected chi connectivity index (χ4v) is 12.3. The molecule has 0 spiro atoms. The Morgan fingerprint density at radius 3 is 1.65 bits per heavy atom. The van der Waals surface area contributed by atoms with Crippen molar-refractivity contribution in [1.82, 2.24) is 4.57 Å². The molecule has 0 radical (unpaired) electrons. The Labute approximate surface area is 332 Å². The predicted octanol–water partition coefficient (Wildman–Crippen LogP) is 13.7. The molecule has 0 N–H and O–H groups in total. The molecule has 9 aromatic rings. The van der Waals surface area contributed by atoms with Crippen LogP contribution in [0.1, 0.15) is 25.0 Å². The molecule has 11 rings (SSSR count). The molecule has 0 fully saturated rings. The Bertz CT molecular complexity index is 3030. The largest absolute Gasteiger partial charge is 0.310 e. The van der Waals surface area contributed by atoms with E-state index in [0.717, 1.165) is 50.5 Å². The van der Waals surface area contributed by atoms with Crippen LogP contribution in [0.3, 0.4) is 0 Å². The first-order valence-electron chi connectivity index (χ1n) is 19.5. The van der Waals surface area contributed by atoms with Gasteiger partial charge in [-0.25, -0.2) is 0 Å². The molecule has 8 aromatic carbocycles. The van der Waals surface area contributed by atoms with Crippen LogP contribution in [-0.2, 0) is 9.98 Å². The molecule has 1 aromatic heterocycles. The molecule has 2 aliphatic heterocycles. The summed E-state index contributed by atoms with van der Waals surface area (Å²) in [5.41, 5.74) is 12.6. The smallest absolute Gasteiger partial charge is 0.301 e. The third kappa shape index (κ3) is 4.86. The molecule has 2 aliphatic rings. The molecule has 3 heterocycles. The summed E-state index contributed by atoms with van der Waals surface area (Å²) >= 11 is 0. The lowest BCUT2D eigenvalue weighted by Crippen LogP contribution is -2.30. The summed E-state index contributed by atoms with van der Waals surface area (Å²) in [6, 6.07) is 69.9. The molecule has 0 saturated heterocycles. The van der Waals surface area contributed by atoms with E-state index in [1.807, 2.05) is 66.7 Å². The monoisotopic (exact) mass is 754 g/mol. The number of benzene rings is 8. The van der Waals surface area contributed by atoms with Crippen molar-refractivity contribution < 1.29 is 4.57 Å². The van der Waals surface area contributed by atoms with Gasteiger partial charge in [-0.1, -0.05) is 123 Å². The SMILES string of the molecule is CC1(C)c2ccccc2N(c2ccccc2)c2cc3c4ccccc4n(-c4ccc5c(c4)N(c4ccccc4)P(=O)(c4ccccc4)N5c4ccccc4)c3cc21. The van der Waals surface area contributed by atoms with Gasteiger partial charge < -0.3 is 9.47 Å². The van der Waals surface area contributed by atoms with Crippen LogP contribution in [0.4, 0.5) is 39.8 Å². The molecule has 1 atom stereocenters. The number of hydrogen-bond donors (Lipinski definition) is 0. The lowest BCUT2D eigenvalue weighted by atomic mass is 9.73. The standard InChI is InChI=1S/C51H39N4OP/c1-51(2)43-28-16-18-30-46(43)52(36-19-7-3-8-20-36)49-34-42-41-27-15-17-29-45(41)53(48(42)35-44(49)51)39-31-32-47-50(33-39)55(38-23-11-5-12-24-38)57(56,40-25-13-6-14-26-40)54(47)37-21-9-4-10-22-37/h3-35H,1-2H3. The van der Waals surface area contributed by atoms with Crippen molar-refractivity contribution in [2.45, 2.75) is 19.3 Å². The first-order chi connectivity index (χ1) is 27.9. The maximum atomic E-state index is 16.3. The van der Waals surface area contributed by atoms with Crippen molar-refractivity contribution in [3.8, 4) is 5.69 Å². The van der Waals surface area contributed by atoms with E-state index in [4.69, 9.17) is 0 Å². The van der Waals surface area contributed by atoms with Crippen molar-refractivity contribution >= 4 is 74.4 Å². The number of aromatic nitrogens is 1. The molecule has 0 aliphatic carbocycles. The highest BCUT2D eigenvalue weighted by Gasteiger charge is 2.49. The normalized spacial score (nSPS) is 16.8. The van der Waals surface area contributed by atoms with Gasteiger partial charge in [-0.15, -0.1) is 0 Å². The Morgan fingerprint density at radius 2 is 0.965 bits per heavy atom. The van der Waals surface area contributed by atoms with Crippen molar-refractivity contribution in [2.24, 2.45) is 0 Å². The summed E-state index contributed by atoms with van der Waals surface area (Å²) in [7, 11) is -3.51. The van der Waals surface area contributed by atoms with Gasteiger partial charge in [-0.3, -0.25) is 13.9 Å². The van der Waals surface area contributed by atoms with Crippen LogP contribution in [0, 0.1) is 0 Å². The first-order valence-corrected chi connectivity index (χ1v) is 21.1. The molecule has 6 heteroatoms. The van der Waals surface area contributed by atoms with Gasteiger partial charge >= 0.3 is 7.44 Å². The predicted molar refractivity (Wildman–Crippen MR) is 238 cm³/mol. The summed E-state index contributed by atoms with van der Waals surface area (Å²) in [5, 5.41) is 3.13. The summed E-state index contributed by atoms with van der Waals surface area (Å²) in [4.78, 5) is 2.42. The summed E-state index contributed by atoms with van der Waals surface area (Å²) < 4.78 is 22.8. The molecule has 57 heavy (non-hydrogen) atoms. The number of nitrogens with zero attached hydrogens (tertiary/aromatic N) is 4. The van der Waals surface area contributed by atoms with Crippen molar-refractivity contribution in [3.63, 3.8) is 0 Å². The number of rotatable bonds is 5. The Kier molecular flexibility index (Phi) is 7.41. The van der Waals surface area contributed by atoms with Gasteiger partial charge in [0.1, 0.15) is 0 Å². The third-order valence-electron chi connectivity index (χ3n) is 11.8. The van der Waals surface area contributed by atoms with Crippen LogP contribution in [0.25, 0.3) is 27.5 Å². The van der Waals surface area contributed by atoms with Crippen molar-refractivity contribution in [2.75, 3.05) is 14.2 Å². The van der Waals surface area contributed by atoms with Gasteiger partial charge in [-0.2, -0.15) is 0 Å². The Hall–Kier alpha value is -6.81. The van der Waals surface area contributed by atoms with Crippen LogP contribution in [0.15, 0.2) is 200 Å². The summed E-state index contributed by atoms with van der Waals surface area (Å²) in [6.45, 7) is 4.69. The van der Waals surface area contributed by atoms with Gasteiger partial charge in [0.2, 0.25) is 0 Å². The minimum Gasteiger partial charge on any atom is -0.310 e. The number of fused-ring (bicyclic) bond motifs is 6. The molecular weight excluding hydrogens is 716 g/mol. The highest BCUT2D eigenvalue weighted by atomic mass is 31.2. The van der Waals surface area contributed by atoms with Gasteiger partial charge in [0.05, 0.1) is 39.1 Å². The van der Waals surface area contributed by atoms with E-state index in [0.29, 0.717) is 0 Å². The molecule has 5 nitrogen and oxygen atoms in total. The number of anilines is 7. The van der Waals surface area contributed by atoms with Gasteiger partial charge in [0, 0.05) is 38.9 Å². The zero-order valence-corrected chi connectivity index (χ0v) is 32.6. The van der Waals surface area contributed by atoms with Crippen molar-refractivity contribution in [1.29, 1.82) is 0 Å². The van der Waals surface area contributed by atoms with Crippen molar-refractivity contribution in [3.05, 3.63) is 211 Å². The zero-order valence-electron chi connectivity index (χ0n) is 31.7. The first kappa shape index (κ1) is 33.5. The van der Waals surface area contributed by atoms with E-state index in [1.54, 1.807) is 0 Å². The number of hydrogen-bond acceptors (Lipinski definition) is 2. The molecule has 0 bridgehead atoms. The lowest BCUT2D eigenvalue weighted by Gasteiger charge is -2.42. The second kappa shape index (κ2) is 12.6. The van der Waals surface area contributed by atoms with Crippen LogP contribution in [-0.4, -0.2) is 4.57 Å². The molecule has 0 saturated carbocycles. The second-order valence-corrected chi connectivity index (χ2v) is 17.8. The van der Waals surface area contributed by atoms with Crippen LogP contribution in [0.5, 0.6) is 0 Å². The molecule has 0 amide bonds. The highest BCUT2D eigenvalue weighted by molar-refractivity contribution is 7.76. The third-order valence-corrected chi connectivity index (χ3v) is 14.8. The molecular formula is C51H39N4OP. The Morgan fingerprint density at radius 1 is 0.404 bits per heavy atom. The minimum absolute atomic E-state index is 0.271. The van der Waals surface area contributed by atoms with Gasteiger partial charge in [0.25, 0.3) is 0 Å². The van der Waals surface area contributed by atoms with Crippen LogP contribution < -0.4 is 19.5 Å². The lowest BCUT2D eigenvalue weighted by molar-refractivity contribution is 0.582. The van der Waals surface area contributed by atoms with E-state index >= 15 is 4.57 Å². The van der Waals surface area contributed by atoms with E-state index < -0.39 is 7.44 Å². The van der Waals surface area contributed by atoms with Crippen LogP contribution >= 0.6 is 7.44 Å². The average molecular weight is 755 g/mol. The quantitative estimate of drug-likeness (QED) is 0.164. The van der Waals surface area contributed by atoms with Gasteiger partial charge in [-0.05, 0) is 102 Å². The molecule has 1 unspecified atom stereocenters. The second-order valence-electron chi connectivity index (χ2n) is 15.4. The highest BCUT2D eigenvalue weighted by Crippen LogP contribution is 2.70. The maximum absolute atomic E-state index is 16.3. The molecule has 274 valence electrons. The van der Waals surface area contributed by atoms with E-state index in [-0.39, 0.29) is 5.41 Å². The average Bonchev–Trinajstić information content (AvgIpc) is 3.73. The Balaban J connectivity index is 1.19. The van der Waals surface area contributed by atoms with E-state index in [9.17, 15) is 0 Å². The maximum Gasteiger partial charge on any atom is 0.301 e. The van der Waals surface area contributed by atoms with E-state index in [2.05, 4.69) is 166 Å².